The zero-order valence-corrected chi connectivity index (χ0v) is 37.6. The predicted octanol–water partition coefficient (Wildman–Crippen LogP) is 12.1. The van der Waals surface area contributed by atoms with Crippen LogP contribution in [0, 0.1) is 0 Å². The number of unbranched alkanes of at least 4 members (excludes halogenated alkanes) is 10. The standard InChI is InChI=1S/C36H78O4S4Si2/c1-7-13-23-33-45-35(37-27-15-9-3,38-28-16-10-4)25-19-21-31-41-43-44-42-32-22-20-26-36(39-29-17-11-5,40-30-18-12-6)46-34-24-14-8-2/h7-34,45-46H2,1-6H3. The van der Waals surface area contributed by atoms with Gasteiger partial charge in [-0.05, 0) is 83.9 Å². The van der Waals surface area contributed by atoms with Gasteiger partial charge >= 0.3 is 0 Å². The Morgan fingerprint density at radius 2 is 0.717 bits per heavy atom. The minimum Gasteiger partial charge on any atom is -0.354 e. The van der Waals surface area contributed by atoms with Crippen molar-refractivity contribution in [2.75, 3.05) is 37.9 Å². The Bertz CT molecular complexity index is 540. The average molecular weight is 759 g/mol. The maximum Gasteiger partial charge on any atom is 0.144 e. The SMILES string of the molecule is CCCCC[SiH2]C(CCCCSSSSCCCCC(OCCCC)(OCCCC)[SiH2]CCCCC)(OCCCC)OCCCC. The Morgan fingerprint density at radius 1 is 0.391 bits per heavy atom. The summed E-state index contributed by atoms with van der Waals surface area (Å²) in [5.74, 6) is 2.43. The molecule has 0 radical (unpaired) electrons. The third kappa shape index (κ3) is 28.4. The molecule has 0 saturated carbocycles. The van der Waals surface area contributed by atoms with Crippen LogP contribution in [-0.4, -0.2) is 67.8 Å². The average Bonchev–Trinajstić information content (AvgIpc) is 3.06. The highest BCUT2D eigenvalue weighted by molar-refractivity contribution is 9.26. The summed E-state index contributed by atoms with van der Waals surface area (Å²) < 4.78 is 26.4. The number of rotatable bonds is 39. The molecule has 0 saturated heterocycles. The summed E-state index contributed by atoms with van der Waals surface area (Å²) in [6.07, 6.45) is 24.4. The number of hydrogen-bond acceptors (Lipinski definition) is 8. The normalized spacial score (nSPS) is 12.9. The van der Waals surface area contributed by atoms with Gasteiger partial charge in [-0.2, -0.15) is 0 Å². The van der Waals surface area contributed by atoms with Crippen LogP contribution >= 0.6 is 41.2 Å². The van der Waals surface area contributed by atoms with Crippen molar-refractivity contribution in [2.45, 2.75) is 193 Å². The first kappa shape index (κ1) is 47.7. The molecule has 0 fully saturated rings. The van der Waals surface area contributed by atoms with Crippen molar-refractivity contribution in [1.82, 2.24) is 0 Å². The van der Waals surface area contributed by atoms with Gasteiger partial charge in [0.1, 0.15) is 10.8 Å². The molecule has 0 rings (SSSR count). The summed E-state index contributed by atoms with van der Waals surface area (Å²) in [4.78, 5) is 0. The molecule has 0 aliphatic rings. The molecule has 0 aromatic carbocycles. The molecule has 46 heavy (non-hydrogen) atoms. The van der Waals surface area contributed by atoms with Crippen molar-refractivity contribution in [2.24, 2.45) is 0 Å². The predicted molar refractivity (Wildman–Crippen MR) is 222 cm³/mol. The molecule has 0 atom stereocenters. The van der Waals surface area contributed by atoms with Crippen molar-refractivity contribution >= 4 is 60.3 Å². The summed E-state index contributed by atoms with van der Waals surface area (Å²) in [6.45, 7) is 17.1. The van der Waals surface area contributed by atoms with E-state index in [1.54, 1.807) is 0 Å². The van der Waals surface area contributed by atoms with Crippen LogP contribution in [0.2, 0.25) is 12.1 Å². The zero-order chi connectivity index (χ0) is 33.9. The van der Waals surface area contributed by atoms with Crippen molar-refractivity contribution in [3.8, 4) is 0 Å². The van der Waals surface area contributed by atoms with E-state index in [0.29, 0.717) is 0 Å². The van der Waals surface area contributed by atoms with Crippen LogP contribution in [0.5, 0.6) is 0 Å². The molecule has 0 unspecified atom stereocenters. The topological polar surface area (TPSA) is 36.9 Å². The van der Waals surface area contributed by atoms with Crippen molar-refractivity contribution in [3.63, 3.8) is 0 Å². The van der Waals surface area contributed by atoms with E-state index < -0.39 is 19.0 Å². The maximum atomic E-state index is 6.59. The Morgan fingerprint density at radius 3 is 1.02 bits per heavy atom. The summed E-state index contributed by atoms with van der Waals surface area (Å²) in [6, 6.07) is 2.70. The summed E-state index contributed by atoms with van der Waals surface area (Å²) in [7, 11) is 7.16. The van der Waals surface area contributed by atoms with Gasteiger partial charge in [-0.1, -0.05) is 139 Å². The molecule has 4 nitrogen and oxygen atoms in total. The third-order valence-corrected chi connectivity index (χ3v) is 19.9. The van der Waals surface area contributed by atoms with E-state index in [4.69, 9.17) is 18.9 Å². The lowest BCUT2D eigenvalue weighted by molar-refractivity contribution is -0.187. The molecule has 0 N–H and O–H groups in total. The second-order valence-electron chi connectivity index (χ2n) is 12.9. The van der Waals surface area contributed by atoms with Crippen molar-refractivity contribution < 1.29 is 18.9 Å². The van der Waals surface area contributed by atoms with Crippen LogP contribution in [0.1, 0.15) is 170 Å². The first-order valence-electron chi connectivity index (χ1n) is 19.7. The third-order valence-electron chi connectivity index (χ3n) is 8.47. The molecular weight excluding hydrogens is 681 g/mol. The quantitative estimate of drug-likeness (QED) is 0.0265. The van der Waals surface area contributed by atoms with Gasteiger partial charge in [0.15, 0.2) is 0 Å². The van der Waals surface area contributed by atoms with Crippen LogP contribution in [0.4, 0.5) is 0 Å². The highest BCUT2D eigenvalue weighted by Gasteiger charge is 2.32. The van der Waals surface area contributed by atoms with E-state index in [0.717, 1.165) is 65.0 Å². The molecule has 0 heterocycles. The van der Waals surface area contributed by atoms with Crippen molar-refractivity contribution in [3.05, 3.63) is 0 Å². The molecule has 0 aliphatic carbocycles. The lowest BCUT2D eigenvalue weighted by atomic mass is 10.2. The lowest BCUT2D eigenvalue weighted by Crippen LogP contribution is -2.43. The van der Waals surface area contributed by atoms with Crippen LogP contribution in [0.3, 0.4) is 0 Å². The molecule has 0 aromatic heterocycles. The van der Waals surface area contributed by atoms with Gasteiger partial charge in [-0.15, -0.1) is 0 Å². The van der Waals surface area contributed by atoms with Crippen LogP contribution in [0.15, 0.2) is 0 Å². The fraction of sp³-hybridized carbons (Fsp3) is 1.00. The Hall–Kier alpha value is 1.67. The molecule has 0 bridgehead atoms. The fourth-order valence-electron chi connectivity index (χ4n) is 5.38. The van der Waals surface area contributed by atoms with Gasteiger partial charge in [0.2, 0.25) is 0 Å². The largest absolute Gasteiger partial charge is 0.354 e. The highest BCUT2D eigenvalue weighted by Crippen LogP contribution is 2.43. The van der Waals surface area contributed by atoms with E-state index >= 15 is 0 Å². The van der Waals surface area contributed by atoms with E-state index in [-0.39, 0.29) is 10.8 Å². The molecule has 278 valence electrons. The Labute approximate surface area is 308 Å². The first-order valence-corrected chi connectivity index (χ1v) is 28.3. The van der Waals surface area contributed by atoms with E-state index in [9.17, 15) is 0 Å². The first-order chi connectivity index (χ1) is 22.6. The van der Waals surface area contributed by atoms with E-state index in [1.807, 2.05) is 41.2 Å². The molecule has 0 aromatic rings. The zero-order valence-electron chi connectivity index (χ0n) is 31.5. The smallest absolute Gasteiger partial charge is 0.144 e. The van der Waals surface area contributed by atoms with Crippen LogP contribution in [-0.2, 0) is 18.9 Å². The van der Waals surface area contributed by atoms with Gasteiger partial charge in [0.05, 0.1) is 19.0 Å². The molecule has 0 spiro atoms. The highest BCUT2D eigenvalue weighted by atomic mass is 33.7. The Kier molecular flexibility index (Phi) is 37.8. The lowest BCUT2D eigenvalue weighted by Gasteiger charge is -2.34. The van der Waals surface area contributed by atoms with Gasteiger partial charge in [0, 0.05) is 37.9 Å². The molecular formula is C36H78O4S4Si2. The molecule has 0 amide bonds. The summed E-state index contributed by atoms with van der Waals surface area (Å²) in [5, 5.41) is 0. The summed E-state index contributed by atoms with van der Waals surface area (Å²) >= 11 is 0. The molecule has 0 aliphatic heterocycles. The summed E-state index contributed by atoms with van der Waals surface area (Å²) in [5.41, 5.74) is -0.448. The molecule has 10 heteroatoms. The maximum absolute atomic E-state index is 6.59. The van der Waals surface area contributed by atoms with E-state index in [2.05, 4.69) is 41.5 Å². The van der Waals surface area contributed by atoms with Crippen molar-refractivity contribution in [1.29, 1.82) is 0 Å². The van der Waals surface area contributed by atoms with Gasteiger partial charge < -0.3 is 18.9 Å². The monoisotopic (exact) mass is 758 g/mol. The van der Waals surface area contributed by atoms with Crippen LogP contribution < -0.4 is 0 Å². The second kappa shape index (κ2) is 36.5. The van der Waals surface area contributed by atoms with E-state index in [1.165, 1.54) is 113 Å². The minimum absolute atomic E-state index is 0.224. The fourth-order valence-corrected chi connectivity index (χ4v) is 16.1. The second-order valence-corrected chi connectivity index (χ2v) is 23.8. The number of ether oxygens (including phenoxy) is 4. The van der Waals surface area contributed by atoms with Gasteiger partial charge in [-0.25, -0.2) is 0 Å². The van der Waals surface area contributed by atoms with Gasteiger partial charge in [0.25, 0.3) is 0 Å². The number of hydrogen-bond donors (Lipinski definition) is 0. The minimum atomic E-state index is -0.421. The van der Waals surface area contributed by atoms with Gasteiger partial charge in [-0.3, -0.25) is 0 Å². The Balaban J connectivity index is 4.48. The van der Waals surface area contributed by atoms with Crippen LogP contribution in [0.25, 0.3) is 0 Å².